The second-order valence-electron chi connectivity index (χ2n) is 5.21. The average molecular weight is 356 g/mol. The van der Waals surface area contributed by atoms with Crippen molar-refractivity contribution < 1.29 is 4.39 Å². The Morgan fingerprint density at radius 3 is 2.70 bits per heavy atom. The third-order valence-electron chi connectivity index (χ3n) is 3.22. The molecule has 108 valence electrons. The molecule has 20 heavy (non-hydrogen) atoms. The zero-order valence-electron chi connectivity index (χ0n) is 11.7. The zero-order valence-corrected chi connectivity index (χ0v) is 14.1. The summed E-state index contributed by atoms with van der Waals surface area (Å²) in [7, 11) is 0. The van der Waals surface area contributed by atoms with Crippen LogP contribution in [0.5, 0.6) is 0 Å². The van der Waals surface area contributed by atoms with Gasteiger partial charge in [-0.3, -0.25) is 0 Å². The topological polar surface area (TPSA) is 12.0 Å². The molecule has 0 fully saturated rings. The first kappa shape index (κ1) is 15.7. The van der Waals surface area contributed by atoms with E-state index in [9.17, 15) is 4.39 Å². The fraction of sp³-hybridized carbons (Fsp3) is 0.375. The second-order valence-corrected chi connectivity index (χ2v) is 7.07. The summed E-state index contributed by atoms with van der Waals surface area (Å²) in [6.07, 6.45) is 0.918. The lowest BCUT2D eigenvalue weighted by molar-refractivity contribution is 0.525. The first-order valence-corrected chi connectivity index (χ1v) is 8.44. The maximum atomic E-state index is 13.5. The van der Waals surface area contributed by atoms with Gasteiger partial charge < -0.3 is 5.32 Å². The van der Waals surface area contributed by atoms with E-state index in [4.69, 9.17) is 0 Å². The summed E-state index contributed by atoms with van der Waals surface area (Å²) in [5.41, 5.74) is 1.05. The van der Waals surface area contributed by atoms with Crippen LogP contribution in [0, 0.1) is 5.82 Å². The molecule has 1 heterocycles. The molecule has 1 atom stereocenters. The van der Waals surface area contributed by atoms with Crippen LogP contribution in [0.25, 0.3) is 0 Å². The number of hydrogen-bond donors (Lipinski definition) is 1. The van der Waals surface area contributed by atoms with Crippen LogP contribution in [0.3, 0.4) is 0 Å². The van der Waals surface area contributed by atoms with Crippen LogP contribution in [-0.4, -0.2) is 12.6 Å². The van der Waals surface area contributed by atoms with Crippen LogP contribution in [0.4, 0.5) is 4.39 Å². The van der Waals surface area contributed by atoms with Gasteiger partial charge in [0.25, 0.3) is 0 Å². The third kappa shape index (κ3) is 4.40. The molecule has 1 nitrogen and oxygen atoms in total. The molecule has 2 aromatic rings. The lowest BCUT2D eigenvalue weighted by atomic mass is 9.94. The van der Waals surface area contributed by atoms with Gasteiger partial charge in [0.1, 0.15) is 5.82 Å². The van der Waals surface area contributed by atoms with E-state index in [1.165, 1.54) is 10.9 Å². The molecule has 0 aliphatic carbocycles. The summed E-state index contributed by atoms with van der Waals surface area (Å²) in [6.45, 7) is 5.11. The van der Waals surface area contributed by atoms with Gasteiger partial charge in [-0.25, -0.2) is 4.39 Å². The van der Waals surface area contributed by atoms with Crippen LogP contribution in [0.1, 0.15) is 30.2 Å². The minimum atomic E-state index is -0.165. The monoisotopic (exact) mass is 355 g/mol. The number of nitrogens with one attached hydrogen (secondary N) is 1. The largest absolute Gasteiger partial charge is 0.314 e. The SMILES string of the molecule is CC(C)NCC(Cc1sccc1Br)c1cccc(F)c1. The Morgan fingerprint density at radius 1 is 1.30 bits per heavy atom. The van der Waals surface area contributed by atoms with Crippen molar-refractivity contribution in [1.29, 1.82) is 0 Å². The van der Waals surface area contributed by atoms with Crippen molar-refractivity contribution in [3.8, 4) is 0 Å². The quantitative estimate of drug-likeness (QED) is 0.770. The predicted octanol–water partition coefficient (Wildman–Crippen LogP) is 4.97. The maximum absolute atomic E-state index is 13.5. The lowest BCUT2D eigenvalue weighted by Crippen LogP contribution is -2.28. The fourth-order valence-electron chi connectivity index (χ4n) is 2.14. The van der Waals surface area contributed by atoms with E-state index in [0.29, 0.717) is 6.04 Å². The van der Waals surface area contributed by atoms with Gasteiger partial charge in [0.05, 0.1) is 0 Å². The summed E-state index contributed by atoms with van der Waals surface area (Å²) in [4.78, 5) is 1.31. The zero-order chi connectivity index (χ0) is 14.5. The Kier molecular flexibility index (Phi) is 5.75. The molecule has 1 aromatic carbocycles. The number of rotatable bonds is 6. The Bertz CT molecular complexity index is 553. The Morgan fingerprint density at radius 2 is 2.10 bits per heavy atom. The van der Waals surface area contributed by atoms with Crippen molar-refractivity contribution >= 4 is 27.3 Å². The van der Waals surface area contributed by atoms with Crippen molar-refractivity contribution in [2.24, 2.45) is 0 Å². The van der Waals surface area contributed by atoms with Crippen LogP contribution in [0.15, 0.2) is 40.2 Å². The van der Waals surface area contributed by atoms with E-state index in [2.05, 4.69) is 46.5 Å². The maximum Gasteiger partial charge on any atom is 0.123 e. The van der Waals surface area contributed by atoms with E-state index < -0.39 is 0 Å². The molecule has 2 rings (SSSR count). The van der Waals surface area contributed by atoms with Crippen molar-refractivity contribution in [3.05, 3.63) is 56.4 Å². The van der Waals surface area contributed by atoms with Gasteiger partial charge in [0, 0.05) is 27.9 Å². The van der Waals surface area contributed by atoms with E-state index in [1.807, 2.05) is 6.07 Å². The van der Waals surface area contributed by atoms with E-state index >= 15 is 0 Å². The molecular formula is C16H19BrFNS. The van der Waals surface area contributed by atoms with Gasteiger partial charge in [-0.05, 0) is 51.5 Å². The van der Waals surface area contributed by atoms with Crippen LogP contribution in [0.2, 0.25) is 0 Å². The smallest absolute Gasteiger partial charge is 0.123 e. The normalized spacial score (nSPS) is 12.8. The molecule has 0 aliphatic rings. The number of halogens is 2. The number of thiophene rings is 1. The van der Waals surface area contributed by atoms with Gasteiger partial charge in [-0.2, -0.15) is 0 Å². The van der Waals surface area contributed by atoms with Gasteiger partial charge in [0.2, 0.25) is 0 Å². The van der Waals surface area contributed by atoms with Gasteiger partial charge in [0.15, 0.2) is 0 Å². The minimum absolute atomic E-state index is 0.165. The van der Waals surface area contributed by atoms with Crippen molar-refractivity contribution in [2.75, 3.05) is 6.54 Å². The van der Waals surface area contributed by atoms with E-state index in [0.717, 1.165) is 23.0 Å². The highest BCUT2D eigenvalue weighted by atomic mass is 79.9. The molecule has 0 amide bonds. The molecule has 0 aliphatic heterocycles. The molecule has 0 bridgehead atoms. The van der Waals surface area contributed by atoms with Gasteiger partial charge >= 0.3 is 0 Å². The highest BCUT2D eigenvalue weighted by Gasteiger charge is 2.16. The summed E-state index contributed by atoms with van der Waals surface area (Å²) in [5, 5.41) is 5.54. The number of benzene rings is 1. The Hall–Kier alpha value is -0.710. The minimum Gasteiger partial charge on any atom is -0.314 e. The summed E-state index contributed by atoms with van der Waals surface area (Å²) < 4.78 is 14.6. The molecule has 0 saturated heterocycles. The second kappa shape index (κ2) is 7.34. The first-order chi connectivity index (χ1) is 9.56. The van der Waals surface area contributed by atoms with Gasteiger partial charge in [-0.1, -0.05) is 26.0 Å². The van der Waals surface area contributed by atoms with Gasteiger partial charge in [-0.15, -0.1) is 11.3 Å². The average Bonchev–Trinajstić information content (AvgIpc) is 2.79. The Labute approximate surface area is 132 Å². The highest BCUT2D eigenvalue weighted by Crippen LogP contribution is 2.29. The van der Waals surface area contributed by atoms with E-state index in [-0.39, 0.29) is 11.7 Å². The predicted molar refractivity (Wildman–Crippen MR) is 88.0 cm³/mol. The Balaban J connectivity index is 2.18. The first-order valence-electron chi connectivity index (χ1n) is 6.77. The standard InChI is InChI=1S/C16H19BrFNS/c1-11(2)19-10-13(9-16-15(17)6-7-20-16)12-4-3-5-14(18)8-12/h3-8,11,13,19H,9-10H2,1-2H3. The number of hydrogen-bond acceptors (Lipinski definition) is 2. The van der Waals surface area contributed by atoms with Crippen molar-refractivity contribution in [3.63, 3.8) is 0 Å². The lowest BCUT2D eigenvalue weighted by Gasteiger charge is -2.19. The molecule has 0 saturated carbocycles. The summed E-state index contributed by atoms with van der Waals surface area (Å²) in [6, 6.07) is 9.44. The summed E-state index contributed by atoms with van der Waals surface area (Å²) >= 11 is 5.32. The van der Waals surface area contributed by atoms with Crippen LogP contribution in [-0.2, 0) is 6.42 Å². The summed E-state index contributed by atoms with van der Waals surface area (Å²) in [5.74, 6) is 0.116. The van der Waals surface area contributed by atoms with Crippen molar-refractivity contribution in [1.82, 2.24) is 5.32 Å². The van der Waals surface area contributed by atoms with Crippen LogP contribution >= 0.6 is 27.3 Å². The molecule has 0 radical (unpaired) electrons. The molecule has 1 aromatic heterocycles. The van der Waals surface area contributed by atoms with E-state index in [1.54, 1.807) is 23.5 Å². The molecule has 0 spiro atoms. The molecule has 1 N–H and O–H groups in total. The fourth-order valence-corrected chi connectivity index (χ4v) is 3.74. The highest BCUT2D eigenvalue weighted by molar-refractivity contribution is 9.10. The molecular weight excluding hydrogens is 337 g/mol. The van der Waals surface area contributed by atoms with Crippen molar-refractivity contribution in [2.45, 2.75) is 32.2 Å². The molecule has 1 unspecified atom stereocenters. The van der Waals surface area contributed by atoms with Crippen LogP contribution < -0.4 is 5.32 Å². The molecule has 4 heteroatoms. The third-order valence-corrected chi connectivity index (χ3v) is 5.16.